The van der Waals surface area contributed by atoms with Crippen molar-refractivity contribution in [1.82, 2.24) is 5.48 Å². The Bertz CT molecular complexity index is 723. The van der Waals surface area contributed by atoms with Gasteiger partial charge in [-0.2, -0.15) is 0 Å². The number of hydrogen-bond acceptors (Lipinski definition) is 5. The van der Waals surface area contributed by atoms with Crippen molar-refractivity contribution in [3.63, 3.8) is 0 Å². The third kappa shape index (κ3) is 5.41. The third-order valence-electron chi connectivity index (χ3n) is 4.27. The first kappa shape index (κ1) is 18.6. The summed E-state index contributed by atoms with van der Waals surface area (Å²) in [5, 5.41) is 8.95. The van der Waals surface area contributed by atoms with E-state index >= 15 is 0 Å². The number of amides is 1. The fourth-order valence-electron chi connectivity index (χ4n) is 2.94. The number of aryl methyl sites for hydroxylation is 1. The minimum Gasteiger partial charge on any atom is -0.454 e. The van der Waals surface area contributed by atoms with Gasteiger partial charge in [0, 0.05) is 16.6 Å². The highest BCUT2D eigenvalue weighted by molar-refractivity contribution is 8.00. The predicted molar refractivity (Wildman–Crippen MR) is 101 cm³/mol. The van der Waals surface area contributed by atoms with Crippen LogP contribution in [0.2, 0.25) is 0 Å². The zero-order chi connectivity index (χ0) is 18.2. The Labute approximate surface area is 157 Å². The molecule has 0 fully saturated rings. The average molecular weight is 373 g/mol. The van der Waals surface area contributed by atoms with Gasteiger partial charge in [0.15, 0.2) is 11.5 Å². The van der Waals surface area contributed by atoms with E-state index in [1.54, 1.807) is 17.2 Å². The number of thioether (sulfide) groups is 1. The van der Waals surface area contributed by atoms with E-state index in [-0.39, 0.29) is 24.4 Å². The summed E-state index contributed by atoms with van der Waals surface area (Å²) in [6.45, 7) is 0.249. The Kier molecular flexibility index (Phi) is 6.80. The van der Waals surface area contributed by atoms with E-state index in [2.05, 4.69) is 24.3 Å². The molecular formula is C20H23NO4S. The van der Waals surface area contributed by atoms with Crippen LogP contribution in [0.5, 0.6) is 11.5 Å². The maximum atomic E-state index is 11.6. The zero-order valence-electron chi connectivity index (χ0n) is 14.5. The van der Waals surface area contributed by atoms with Crippen LogP contribution in [-0.4, -0.2) is 23.2 Å². The Morgan fingerprint density at radius 3 is 2.73 bits per heavy atom. The van der Waals surface area contributed by atoms with E-state index in [4.69, 9.17) is 14.7 Å². The van der Waals surface area contributed by atoms with Crippen molar-refractivity contribution in [2.75, 3.05) is 6.79 Å². The molecule has 0 saturated heterocycles. The molecule has 0 spiro atoms. The molecule has 3 rings (SSSR count). The minimum absolute atomic E-state index is 0.0956. The van der Waals surface area contributed by atoms with Crippen molar-refractivity contribution >= 4 is 17.7 Å². The molecule has 26 heavy (non-hydrogen) atoms. The van der Waals surface area contributed by atoms with Crippen molar-refractivity contribution in [3.8, 4) is 11.5 Å². The molecule has 1 aliphatic heterocycles. The Balaban J connectivity index is 1.53. The molecular weight excluding hydrogens is 350 g/mol. The molecule has 2 aromatic carbocycles. The van der Waals surface area contributed by atoms with Crippen molar-refractivity contribution < 1.29 is 19.5 Å². The number of fused-ring (bicyclic) bond motifs is 1. The highest BCUT2D eigenvalue weighted by atomic mass is 32.2. The van der Waals surface area contributed by atoms with Crippen molar-refractivity contribution in [3.05, 3.63) is 54.1 Å². The molecule has 1 aliphatic rings. The lowest BCUT2D eigenvalue weighted by Gasteiger charge is -2.16. The number of rotatable bonds is 9. The van der Waals surface area contributed by atoms with E-state index in [0.717, 1.165) is 42.1 Å². The first-order valence-electron chi connectivity index (χ1n) is 8.78. The number of carbonyl (C=O) groups is 1. The Morgan fingerprint density at radius 1 is 1.12 bits per heavy atom. The van der Waals surface area contributed by atoms with Gasteiger partial charge in [0.1, 0.15) is 0 Å². The molecule has 0 radical (unpaired) electrons. The van der Waals surface area contributed by atoms with E-state index < -0.39 is 0 Å². The average Bonchev–Trinajstić information content (AvgIpc) is 3.13. The van der Waals surface area contributed by atoms with Gasteiger partial charge in [0.2, 0.25) is 12.7 Å². The summed E-state index contributed by atoms with van der Waals surface area (Å²) in [6.07, 6.45) is 4.31. The van der Waals surface area contributed by atoms with Crippen molar-refractivity contribution in [1.29, 1.82) is 0 Å². The fourth-order valence-corrected chi connectivity index (χ4v) is 4.17. The Hall–Kier alpha value is -2.18. The molecule has 6 heteroatoms. The number of hydrogen-bond donors (Lipinski definition) is 2. The topological polar surface area (TPSA) is 67.8 Å². The summed E-state index contributed by atoms with van der Waals surface area (Å²) >= 11 is 1.64. The van der Waals surface area contributed by atoms with Gasteiger partial charge in [-0.25, -0.2) is 5.48 Å². The standard InChI is InChI=1S/C20H23NO4S/c22-20(21-23)13-16(9-5-4-8-15-6-2-1-3-7-15)26-17-10-11-18-19(12-17)25-14-24-18/h1-3,6-7,10-12,16,23H,4-5,8-9,13-14H2,(H,21,22). The molecule has 2 N–H and O–H groups in total. The van der Waals surface area contributed by atoms with Crippen molar-refractivity contribution in [2.45, 2.75) is 42.2 Å². The molecule has 5 nitrogen and oxygen atoms in total. The smallest absolute Gasteiger partial charge is 0.244 e. The van der Waals surface area contributed by atoms with Crippen LogP contribution in [0.1, 0.15) is 31.2 Å². The van der Waals surface area contributed by atoms with Gasteiger partial charge in [0.05, 0.1) is 0 Å². The van der Waals surface area contributed by atoms with Crippen LogP contribution in [-0.2, 0) is 11.2 Å². The molecule has 1 unspecified atom stereocenters. The van der Waals surface area contributed by atoms with Crippen LogP contribution in [0.3, 0.4) is 0 Å². The summed E-state index contributed by atoms with van der Waals surface area (Å²) in [5.74, 6) is 1.14. The van der Waals surface area contributed by atoms with E-state index in [1.165, 1.54) is 5.56 Å². The number of benzene rings is 2. The number of carbonyl (C=O) groups excluding carboxylic acids is 1. The number of nitrogens with one attached hydrogen (secondary N) is 1. The first-order chi connectivity index (χ1) is 12.7. The normalized spacial score (nSPS) is 13.4. The predicted octanol–water partition coefficient (Wildman–Crippen LogP) is 4.18. The minimum atomic E-state index is -0.355. The molecule has 138 valence electrons. The maximum Gasteiger partial charge on any atom is 0.244 e. The monoisotopic (exact) mass is 373 g/mol. The molecule has 0 bridgehead atoms. The van der Waals surface area contributed by atoms with Gasteiger partial charge in [-0.15, -0.1) is 11.8 Å². The number of ether oxygens (including phenoxy) is 2. The maximum absolute atomic E-state index is 11.6. The summed E-state index contributed by atoms with van der Waals surface area (Å²) in [7, 11) is 0. The molecule has 1 atom stereocenters. The molecule has 1 heterocycles. The highest BCUT2D eigenvalue weighted by Crippen LogP contribution is 2.38. The van der Waals surface area contributed by atoms with Crippen LogP contribution in [0.25, 0.3) is 0 Å². The van der Waals surface area contributed by atoms with Gasteiger partial charge in [0.25, 0.3) is 0 Å². The SMILES string of the molecule is O=C(CC(CCCCc1ccccc1)Sc1ccc2c(c1)OCO2)NO. The van der Waals surface area contributed by atoms with Gasteiger partial charge < -0.3 is 9.47 Å². The van der Waals surface area contributed by atoms with Gasteiger partial charge in [-0.05, 0) is 43.0 Å². The Morgan fingerprint density at radius 2 is 1.92 bits per heavy atom. The lowest BCUT2D eigenvalue weighted by atomic mass is 10.1. The summed E-state index contributed by atoms with van der Waals surface area (Å²) in [4.78, 5) is 12.7. The first-order valence-corrected chi connectivity index (χ1v) is 9.66. The lowest BCUT2D eigenvalue weighted by Crippen LogP contribution is -2.23. The highest BCUT2D eigenvalue weighted by Gasteiger charge is 2.18. The van der Waals surface area contributed by atoms with Crippen LogP contribution in [0.4, 0.5) is 0 Å². The van der Waals surface area contributed by atoms with Gasteiger partial charge >= 0.3 is 0 Å². The zero-order valence-corrected chi connectivity index (χ0v) is 15.3. The third-order valence-corrected chi connectivity index (χ3v) is 5.53. The van der Waals surface area contributed by atoms with Crippen LogP contribution < -0.4 is 15.0 Å². The van der Waals surface area contributed by atoms with Crippen LogP contribution in [0.15, 0.2) is 53.4 Å². The quantitative estimate of drug-likeness (QED) is 0.299. The summed E-state index contributed by atoms with van der Waals surface area (Å²) in [5.41, 5.74) is 3.08. The molecule has 1 amide bonds. The largest absolute Gasteiger partial charge is 0.454 e. The molecule has 2 aromatic rings. The number of unbranched alkanes of at least 4 members (excludes halogenated alkanes) is 1. The number of hydroxylamine groups is 1. The fraction of sp³-hybridized carbons (Fsp3) is 0.350. The van der Waals surface area contributed by atoms with E-state index in [9.17, 15) is 4.79 Å². The summed E-state index contributed by atoms with van der Waals surface area (Å²) < 4.78 is 10.7. The molecule has 0 aliphatic carbocycles. The second-order valence-corrected chi connectivity index (χ2v) is 7.60. The second kappa shape index (κ2) is 9.50. The van der Waals surface area contributed by atoms with Crippen LogP contribution >= 0.6 is 11.8 Å². The van der Waals surface area contributed by atoms with E-state index in [1.807, 2.05) is 24.3 Å². The molecule has 0 aromatic heterocycles. The second-order valence-electron chi connectivity index (χ2n) is 6.23. The van der Waals surface area contributed by atoms with Gasteiger partial charge in [-0.1, -0.05) is 36.8 Å². The lowest BCUT2D eigenvalue weighted by molar-refractivity contribution is -0.129. The van der Waals surface area contributed by atoms with Gasteiger partial charge in [-0.3, -0.25) is 10.0 Å². The summed E-state index contributed by atoms with van der Waals surface area (Å²) in [6, 6.07) is 16.2. The van der Waals surface area contributed by atoms with Crippen molar-refractivity contribution in [2.24, 2.45) is 0 Å². The van der Waals surface area contributed by atoms with Crippen LogP contribution in [0, 0.1) is 0 Å². The molecule has 0 saturated carbocycles. The van der Waals surface area contributed by atoms with E-state index in [0.29, 0.717) is 0 Å².